The summed E-state index contributed by atoms with van der Waals surface area (Å²) < 4.78 is 35.3. The van der Waals surface area contributed by atoms with Crippen molar-refractivity contribution < 1.29 is 23.4 Å². The van der Waals surface area contributed by atoms with E-state index >= 15 is 0 Å². The summed E-state index contributed by atoms with van der Waals surface area (Å²) in [4.78, 5) is 21.5. The Labute approximate surface area is 219 Å². The molecule has 0 fully saturated rings. The van der Waals surface area contributed by atoms with Crippen molar-refractivity contribution in [2.24, 2.45) is 4.99 Å². The first kappa shape index (κ1) is 28.0. The van der Waals surface area contributed by atoms with E-state index in [-0.39, 0.29) is 23.2 Å². The summed E-state index contributed by atoms with van der Waals surface area (Å²) in [5.41, 5.74) is -0.547. The summed E-state index contributed by atoms with van der Waals surface area (Å²) in [6.45, 7) is 8.55. The number of aliphatic imine (C=N–C) groups is 1. The van der Waals surface area contributed by atoms with Gasteiger partial charge in [-0.3, -0.25) is 4.98 Å². The van der Waals surface area contributed by atoms with Crippen molar-refractivity contribution >= 4 is 54.6 Å². The molecule has 192 valence electrons. The number of carbonyl (C=O) groups is 1. The molecule has 3 rings (SSSR count). The van der Waals surface area contributed by atoms with Crippen molar-refractivity contribution in [3.63, 3.8) is 0 Å². The van der Waals surface area contributed by atoms with Crippen molar-refractivity contribution in [2.75, 3.05) is 13.3 Å². The van der Waals surface area contributed by atoms with Crippen LogP contribution >= 0.6 is 23.4 Å². The maximum atomic E-state index is 14.9. The zero-order valence-corrected chi connectivity index (χ0v) is 23.0. The minimum absolute atomic E-state index is 0.0944. The molecule has 36 heavy (non-hydrogen) atoms. The lowest BCUT2D eigenvalue weighted by Crippen LogP contribution is -2.39. The Bertz CT molecular complexity index is 1200. The molecule has 1 amide bonds. The zero-order chi connectivity index (χ0) is 26.5. The third kappa shape index (κ3) is 7.49. The minimum Gasteiger partial charge on any atom is -0.465 e. The molecule has 1 unspecified atom stereocenters. The number of aromatic nitrogens is 1. The third-order valence-electron chi connectivity index (χ3n) is 5.37. The number of carboxylic acid groups (broad SMARTS) is 1. The molecule has 0 saturated carbocycles. The number of ether oxygens (including phenoxy) is 1. The van der Waals surface area contributed by atoms with Gasteiger partial charge in [-0.2, -0.15) is 0 Å². The van der Waals surface area contributed by atoms with E-state index in [9.17, 15) is 18.7 Å². The van der Waals surface area contributed by atoms with Gasteiger partial charge in [0.1, 0.15) is 23.9 Å². The van der Waals surface area contributed by atoms with E-state index in [2.05, 4.69) is 29.6 Å². The molecule has 11 heteroatoms. The highest BCUT2D eigenvalue weighted by Gasteiger charge is 2.32. The second kappa shape index (κ2) is 11.7. The Morgan fingerprint density at radius 1 is 1.31 bits per heavy atom. The molecule has 2 aromatic rings. The van der Waals surface area contributed by atoms with Gasteiger partial charge < -0.3 is 9.84 Å². The number of rotatable bonds is 8. The van der Waals surface area contributed by atoms with Crippen LogP contribution in [-0.4, -0.2) is 47.7 Å². The Balaban J connectivity index is 1.87. The highest BCUT2D eigenvalue weighted by Crippen LogP contribution is 2.36. The quantitative estimate of drug-likeness (QED) is 0.209. The number of hydrogen-bond acceptors (Lipinski definition) is 5. The molecular weight excluding hydrogens is 524 g/mol. The number of hydrogen-bond donors (Lipinski definition) is 1. The summed E-state index contributed by atoms with van der Waals surface area (Å²) in [6.07, 6.45) is 3.04. The van der Waals surface area contributed by atoms with Crippen LogP contribution in [0.1, 0.15) is 23.7 Å². The molecule has 1 aromatic carbocycles. The van der Waals surface area contributed by atoms with Crippen LogP contribution in [0.2, 0.25) is 30.7 Å². The molecule has 6 nitrogen and oxygen atoms in total. The number of thioether (sulfide) groups is 1. The van der Waals surface area contributed by atoms with Gasteiger partial charge in [-0.05, 0) is 60.4 Å². The number of halogens is 3. The van der Waals surface area contributed by atoms with E-state index in [4.69, 9.17) is 16.3 Å². The largest absolute Gasteiger partial charge is 0.465 e. The van der Waals surface area contributed by atoms with Crippen LogP contribution in [0.15, 0.2) is 53.0 Å². The molecule has 0 bridgehead atoms. The summed E-state index contributed by atoms with van der Waals surface area (Å²) in [5.74, 6) is -1.16. The molecule has 0 saturated heterocycles. The minimum atomic E-state index is -1.33. The molecular formula is C25H28ClF2N3O3SSi. The lowest BCUT2D eigenvalue weighted by molar-refractivity contribution is 0.0705. The van der Waals surface area contributed by atoms with E-state index in [0.29, 0.717) is 17.2 Å². The summed E-state index contributed by atoms with van der Waals surface area (Å²) in [7, 11) is -1.33. The van der Waals surface area contributed by atoms with Crippen molar-refractivity contribution in [3.05, 3.63) is 75.7 Å². The first-order valence-corrected chi connectivity index (χ1v) is 16.2. The van der Waals surface area contributed by atoms with Gasteiger partial charge in [-0.25, -0.2) is 23.5 Å². The number of pyridine rings is 1. The van der Waals surface area contributed by atoms with Crippen LogP contribution in [0, 0.1) is 5.82 Å². The summed E-state index contributed by atoms with van der Waals surface area (Å²) in [5, 5.41) is 12.0. The van der Waals surface area contributed by atoms with E-state index in [1.54, 1.807) is 18.4 Å². The van der Waals surface area contributed by atoms with Gasteiger partial charge in [0, 0.05) is 26.4 Å². The van der Waals surface area contributed by atoms with E-state index in [1.807, 2.05) is 0 Å². The van der Waals surface area contributed by atoms with Gasteiger partial charge in [-0.1, -0.05) is 49.1 Å². The second-order valence-corrected chi connectivity index (χ2v) is 16.5. The first-order valence-electron chi connectivity index (χ1n) is 11.2. The molecule has 1 N–H and O–H groups in total. The number of nitrogens with zero attached hydrogens (tertiary/aromatic N) is 3. The second-order valence-electron chi connectivity index (χ2n) is 9.61. The molecule has 0 radical (unpaired) electrons. The maximum Gasteiger partial charge on any atom is 0.415 e. The van der Waals surface area contributed by atoms with Crippen LogP contribution in [0.5, 0.6) is 0 Å². The predicted octanol–water partition coefficient (Wildman–Crippen LogP) is 7.47. The van der Waals surface area contributed by atoms with Gasteiger partial charge >= 0.3 is 6.09 Å². The van der Waals surface area contributed by atoms with Crippen molar-refractivity contribution in [1.29, 1.82) is 0 Å². The van der Waals surface area contributed by atoms with Gasteiger partial charge in [0.15, 0.2) is 5.17 Å². The maximum absolute atomic E-state index is 14.9. The molecule has 1 aliphatic heterocycles. The summed E-state index contributed by atoms with van der Waals surface area (Å²) in [6, 6.07) is 8.03. The summed E-state index contributed by atoms with van der Waals surface area (Å²) >= 11 is 6.92. The van der Waals surface area contributed by atoms with Gasteiger partial charge in [0.2, 0.25) is 0 Å². The Morgan fingerprint density at radius 3 is 2.69 bits per heavy atom. The monoisotopic (exact) mass is 551 g/mol. The van der Waals surface area contributed by atoms with Crippen LogP contribution in [-0.2, 0) is 10.3 Å². The molecule has 1 aromatic heterocycles. The first-order chi connectivity index (χ1) is 16.9. The topological polar surface area (TPSA) is 75.0 Å². The van der Waals surface area contributed by atoms with Crippen LogP contribution < -0.4 is 0 Å². The zero-order valence-electron chi connectivity index (χ0n) is 20.5. The lowest BCUT2D eigenvalue weighted by Gasteiger charge is -2.30. The average Bonchev–Trinajstić information content (AvgIpc) is 2.79. The Morgan fingerprint density at radius 2 is 2.06 bits per heavy atom. The van der Waals surface area contributed by atoms with Crippen LogP contribution in [0.3, 0.4) is 0 Å². The van der Waals surface area contributed by atoms with Crippen molar-refractivity contribution in [3.8, 4) is 0 Å². The average molecular weight is 552 g/mol. The fourth-order valence-electron chi connectivity index (χ4n) is 3.25. The van der Waals surface area contributed by atoms with Crippen molar-refractivity contribution in [1.82, 2.24) is 9.88 Å². The fraction of sp³-hybridized carbons (Fsp3) is 0.320. The molecule has 2 heterocycles. The normalized spacial score (nSPS) is 18.2. The van der Waals surface area contributed by atoms with Gasteiger partial charge in [-0.15, -0.1) is 0 Å². The molecule has 0 aliphatic carbocycles. The third-order valence-corrected chi connectivity index (χ3v) is 8.10. The predicted molar refractivity (Wildman–Crippen MR) is 145 cm³/mol. The standard InChI is InChI=1S/C25H28ClF2N3O3SSi/c1-25(9-11-35-23(30-25)31(24(32)33)16-34-10-12-36(2,3)4)19-13-17(5-7-20(19)27)14-21(28)22-8-6-18(26)15-29-22/h5-9,11,13-15H,10,12,16H2,1-4H3,(H,32,33)/b21-14-. The SMILES string of the molecule is CC1(c2cc(/C=C(\F)c3ccc(Cl)cn3)ccc2F)C=CSC(N(COCC[Si](C)(C)C)C(=O)O)=N1. The van der Waals surface area contributed by atoms with E-state index in [0.717, 1.165) is 22.7 Å². The Kier molecular flexibility index (Phi) is 9.10. The lowest BCUT2D eigenvalue weighted by atomic mass is 9.90. The highest BCUT2D eigenvalue weighted by molar-refractivity contribution is 8.16. The highest BCUT2D eigenvalue weighted by atomic mass is 35.5. The van der Waals surface area contributed by atoms with Gasteiger partial charge in [0.25, 0.3) is 0 Å². The van der Waals surface area contributed by atoms with Gasteiger partial charge in [0.05, 0.1) is 10.7 Å². The smallest absolute Gasteiger partial charge is 0.415 e. The number of benzene rings is 1. The number of amides is 1. The molecule has 1 aliphatic rings. The van der Waals surface area contributed by atoms with Crippen LogP contribution in [0.4, 0.5) is 13.6 Å². The Hall–Kier alpha value is -2.53. The molecule has 1 atom stereocenters. The van der Waals surface area contributed by atoms with E-state index < -0.39 is 31.4 Å². The van der Waals surface area contributed by atoms with Crippen LogP contribution in [0.25, 0.3) is 11.9 Å². The number of amidine groups is 1. The van der Waals surface area contributed by atoms with Crippen molar-refractivity contribution in [2.45, 2.75) is 38.1 Å². The fourth-order valence-corrected chi connectivity index (χ4v) is 5.07. The van der Waals surface area contributed by atoms with E-state index in [1.165, 1.54) is 42.6 Å². The molecule has 0 spiro atoms.